The predicted molar refractivity (Wildman–Crippen MR) is 74.7 cm³/mol. The van der Waals surface area contributed by atoms with Crippen LogP contribution in [0.25, 0.3) is 22.4 Å². The van der Waals surface area contributed by atoms with Crippen LogP contribution in [0.1, 0.15) is 20.8 Å². The normalized spacial score (nSPS) is 12.2. The lowest BCUT2D eigenvalue weighted by molar-refractivity contribution is 0.359. The van der Waals surface area contributed by atoms with E-state index in [9.17, 15) is 0 Å². The zero-order chi connectivity index (χ0) is 13.6. The van der Waals surface area contributed by atoms with E-state index in [0.717, 1.165) is 22.4 Å². The first-order chi connectivity index (χ1) is 8.98. The van der Waals surface area contributed by atoms with Crippen LogP contribution in [0.4, 0.5) is 0 Å². The first kappa shape index (κ1) is 11.9. The zero-order valence-electron chi connectivity index (χ0n) is 11.6. The number of aryl methyl sites for hydroxylation is 1. The van der Waals surface area contributed by atoms with Crippen LogP contribution in [-0.2, 0) is 12.6 Å². The number of hydrogen-bond acceptors (Lipinski definition) is 3. The van der Waals surface area contributed by atoms with Gasteiger partial charge in [0.25, 0.3) is 0 Å². The Morgan fingerprint density at radius 3 is 2.58 bits per heavy atom. The minimum atomic E-state index is -0.121. The van der Waals surface area contributed by atoms with Gasteiger partial charge < -0.3 is 0 Å². The van der Waals surface area contributed by atoms with E-state index in [2.05, 4.69) is 48.1 Å². The van der Waals surface area contributed by atoms with E-state index >= 15 is 0 Å². The molecule has 3 aromatic rings. The van der Waals surface area contributed by atoms with Crippen LogP contribution in [0.5, 0.6) is 0 Å². The third-order valence-corrected chi connectivity index (χ3v) is 3.15. The van der Waals surface area contributed by atoms with Crippen molar-refractivity contribution < 1.29 is 0 Å². The summed E-state index contributed by atoms with van der Waals surface area (Å²) in [6.07, 6.45) is 1.59. The molecule has 2 heterocycles. The van der Waals surface area contributed by atoms with Gasteiger partial charge in [-0.2, -0.15) is 10.2 Å². The summed E-state index contributed by atoms with van der Waals surface area (Å²) >= 11 is 0. The van der Waals surface area contributed by atoms with Gasteiger partial charge in [0.1, 0.15) is 12.0 Å². The molecule has 19 heavy (non-hydrogen) atoms. The first-order valence-electron chi connectivity index (χ1n) is 6.31. The highest BCUT2D eigenvalue weighted by Crippen LogP contribution is 2.28. The van der Waals surface area contributed by atoms with E-state index in [1.165, 1.54) is 0 Å². The molecule has 0 bridgehead atoms. The van der Waals surface area contributed by atoms with Crippen LogP contribution >= 0.6 is 0 Å². The lowest BCUT2D eigenvalue weighted by Crippen LogP contribution is -2.24. The van der Waals surface area contributed by atoms with Gasteiger partial charge in [-0.15, -0.1) is 0 Å². The van der Waals surface area contributed by atoms with Gasteiger partial charge in [0.15, 0.2) is 5.82 Å². The SMILES string of the molecule is Cn1nc(-c2ncnn2C(C)(C)C)c2ccccc21. The van der Waals surface area contributed by atoms with Crippen LogP contribution in [-0.4, -0.2) is 24.5 Å². The summed E-state index contributed by atoms with van der Waals surface area (Å²) in [5.74, 6) is 0.810. The summed E-state index contributed by atoms with van der Waals surface area (Å²) < 4.78 is 3.80. The van der Waals surface area contributed by atoms with Crippen molar-refractivity contribution in [3.63, 3.8) is 0 Å². The van der Waals surface area contributed by atoms with E-state index < -0.39 is 0 Å². The maximum atomic E-state index is 4.60. The molecule has 0 saturated heterocycles. The van der Waals surface area contributed by atoms with Crippen molar-refractivity contribution in [3.8, 4) is 11.5 Å². The molecule has 0 saturated carbocycles. The summed E-state index contributed by atoms with van der Waals surface area (Å²) in [7, 11) is 1.95. The molecule has 0 aliphatic heterocycles. The predicted octanol–water partition coefficient (Wildman–Crippen LogP) is 2.59. The molecule has 0 atom stereocenters. The van der Waals surface area contributed by atoms with Crippen LogP contribution < -0.4 is 0 Å². The lowest BCUT2D eigenvalue weighted by Gasteiger charge is -2.20. The topological polar surface area (TPSA) is 48.5 Å². The molecule has 1 aromatic carbocycles. The van der Waals surface area contributed by atoms with Gasteiger partial charge in [0.05, 0.1) is 11.1 Å². The van der Waals surface area contributed by atoms with Gasteiger partial charge in [-0.05, 0) is 26.8 Å². The van der Waals surface area contributed by atoms with E-state index in [4.69, 9.17) is 0 Å². The summed E-state index contributed by atoms with van der Waals surface area (Å²) in [5, 5.41) is 10.0. The Kier molecular flexibility index (Phi) is 2.45. The second-order valence-corrected chi connectivity index (χ2v) is 5.66. The Bertz CT molecular complexity index is 730. The number of benzene rings is 1. The van der Waals surface area contributed by atoms with Gasteiger partial charge in [-0.25, -0.2) is 9.67 Å². The Hall–Kier alpha value is -2.17. The van der Waals surface area contributed by atoms with E-state index in [0.29, 0.717) is 0 Å². The van der Waals surface area contributed by atoms with E-state index in [1.807, 2.05) is 28.5 Å². The zero-order valence-corrected chi connectivity index (χ0v) is 11.6. The molecule has 0 N–H and O–H groups in total. The highest BCUT2D eigenvalue weighted by molar-refractivity contribution is 5.91. The van der Waals surface area contributed by atoms with Crippen LogP contribution in [0, 0.1) is 0 Å². The van der Waals surface area contributed by atoms with Gasteiger partial charge >= 0.3 is 0 Å². The third kappa shape index (κ3) is 1.82. The van der Waals surface area contributed by atoms with Crippen molar-refractivity contribution in [1.29, 1.82) is 0 Å². The maximum Gasteiger partial charge on any atom is 0.179 e. The van der Waals surface area contributed by atoms with Crippen molar-refractivity contribution in [2.45, 2.75) is 26.3 Å². The Balaban J connectivity index is 2.29. The molecule has 0 radical (unpaired) electrons. The smallest absolute Gasteiger partial charge is 0.179 e. The molecule has 3 rings (SSSR count). The van der Waals surface area contributed by atoms with Crippen molar-refractivity contribution in [3.05, 3.63) is 30.6 Å². The number of rotatable bonds is 1. The summed E-state index contributed by atoms with van der Waals surface area (Å²) in [6.45, 7) is 6.32. The molecule has 0 aliphatic carbocycles. The van der Waals surface area contributed by atoms with Crippen LogP contribution in [0.3, 0.4) is 0 Å². The molecule has 0 unspecified atom stereocenters. The highest BCUT2D eigenvalue weighted by atomic mass is 15.4. The van der Waals surface area contributed by atoms with Crippen molar-refractivity contribution in [1.82, 2.24) is 24.5 Å². The second kappa shape index (κ2) is 3.91. The molecule has 5 nitrogen and oxygen atoms in total. The second-order valence-electron chi connectivity index (χ2n) is 5.66. The number of para-hydroxylation sites is 1. The molecular weight excluding hydrogens is 238 g/mol. The van der Waals surface area contributed by atoms with E-state index in [1.54, 1.807) is 6.33 Å². The summed E-state index contributed by atoms with van der Waals surface area (Å²) in [6, 6.07) is 8.16. The van der Waals surface area contributed by atoms with Crippen molar-refractivity contribution >= 4 is 10.9 Å². The van der Waals surface area contributed by atoms with E-state index in [-0.39, 0.29) is 5.54 Å². The van der Waals surface area contributed by atoms with Crippen LogP contribution in [0.15, 0.2) is 30.6 Å². The standard InChI is InChI=1S/C14H17N5/c1-14(2,3)19-13(15-9-16-19)12-10-7-5-6-8-11(10)18(4)17-12/h5-9H,1-4H3. The minimum absolute atomic E-state index is 0.121. The number of aromatic nitrogens is 5. The van der Waals surface area contributed by atoms with Gasteiger partial charge in [0.2, 0.25) is 0 Å². The largest absolute Gasteiger partial charge is 0.267 e. The fraction of sp³-hybridized carbons (Fsp3) is 0.357. The average Bonchev–Trinajstić information content (AvgIpc) is 2.94. The van der Waals surface area contributed by atoms with Gasteiger partial charge in [0, 0.05) is 12.4 Å². The molecule has 0 amide bonds. The lowest BCUT2D eigenvalue weighted by atomic mass is 10.1. The molecular formula is C14H17N5. The molecule has 98 valence electrons. The molecule has 0 spiro atoms. The highest BCUT2D eigenvalue weighted by Gasteiger charge is 2.22. The number of nitrogens with zero attached hydrogens (tertiary/aromatic N) is 5. The fourth-order valence-electron chi connectivity index (χ4n) is 2.27. The first-order valence-corrected chi connectivity index (χ1v) is 6.31. The average molecular weight is 255 g/mol. The number of hydrogen-bond donors (Lipinski definition) is 0. The Labute approximate surface area is 111 Å². The van der Waals surface area contributed by atoms with Crippen molar-refractivity contribution in [2.24, 2.45) is 7.05 Å². The molecule has 2 aromatic heterocycles. The Morgan fingerprint density at radius 1 is 1.11 bits per heavy atom. The monoisotopic (exact) mass is 255 g/mol. The summed E-state index contributed by atoms with van der Waals surface area (Å²) in [4.78, 5) is 4.39. The Morgan fingerprint density at radius 2 is 1.84 bits per heavy atom. The minimum Gasteiger partial charge on any atom is -0.267 e. The summed E-state index contributed by atoms with van der Waals surface area (Å²) in [5.41, 5.74) is 1.86. The molecule has 0 aliphatic rings. The van der Waals surface area contributed by atoms with Crippen molar-refractivity contribution in [2.75, 3.05) is 0 Å². The third-order valence-electron chi connectivity index (χ3n) is 3.15. The van der Waals surface area contributed by atoms with Gasteiger partial charge in [-0.1, -0.05) is 18.2 Å². The molecule has 0 fully saturated rings. The quantitative estimate of drug-likeness (QED) is 0.671. The molecule has 5 heteroatoms. The van der Waals surface area contributed by atoms with Crippen LogP contribution in [0.2, 0.25) is 0 Å². The number of fused-ring (bicyclic) bond motifs is 1. The fourth-order valence-corrected chi connectivity index (χ4v) is 2.27. The maximum absolute atomic E-state index is 4.60. The van der Waals surface area contributed by atoms with Gasteiger partial charge in [-0.3, -0.25) is 4.68 Å².